The van der Waals surface area contributed by atoms with Crippen molar-refractivity contribution in [2.45, 2.75) is 26.7 Å². The van der Waals surface area contributed by atoms with Crippen molar-refractivity contribution in [3.63, 3.8) is 0 Å². The molecule has 0 radical (unpaired) electrons. The molecule has 3 nitrogen and oxygen atoms in total. The zero-order valence-electron chi connectivity index (χ0n) is 7.91. The molecule has 0 saturated carbocycles. The van der Waals surface area contributed by atoms with Crippen LogP contribution in [0.3, 0.4) is 0 Å². The second-order valence-electron chi connectivity index (χ2n) is 3.08. The molecular weight excluding hydrogens is 166 g/mol. The van der Waals surface area contributed by atoms with Crippen LogP contribution in [0.25, 0.3) is 0 Å². The minimum absolute atomic E-state index is 0.252. The van der Waals surface area contributed by atoms with Crippen LogP contribution >= 0.6 is 0 Å². The predicted octanol–water partition coefficient (Wildman–Crippen LogP) is 2.86. The number of hydrogen-bond acceptors (Lipinski definition) is 2. The molecule has 1 rings (SSSR count). The molecule has 0 unspecified atom stereocenters. The lowest BCUT2D eigenvalue weighted by molar-refractivity contribution is -0.385. The Kier molecular flexibility index (Phi) is 3.01. The zero-order valence-corrected chi connectivity index (χ0v) is 7.91. The topological polar surface area (TPSA) is 43.1 Å². The van der Waals surface area contributed by atoms with Gasteiger partial charge in [0.1, 0.15) is 0 Å². The summed E-state index contributed by atoms with van der Waals surface area (Å²) in [4.78, 5) is 10.3. The highest BCUT2D eigenvalue weighted by molar-refractivity contribution is 5.44. The Morgan fingerprint density at radius 2 is 2.15 bits per heavy atom. The van der Waals surface area contributed by atoms with Crippen molar-refractivity contribution >= 4 is 5.69 Å². The van der Waals surface area contributed by atoms with E-state index in [-0.39, 0.29) is 10.6 Å². The molecule has 0 saturated heterocycles. The number of hydrogen-bond donors (Lipinski definition) is 0. The maximum atomic E-state index is 10.7. The molecule has 0 aliphatic heterocycles. The van der Waals surface area contributed by atoms with Gasteiger partial charge >= 0.3 is 0 Å². The van der Waals surface area contributed by atoms with E-state index in [0.717, 1.165) is 24.0 Å². The van der Waals surface area contributed by atoms with Crippen molar-refractivity contribution in [3.05, 3.63) is 39.4 Å². The summed E-state index contributed by atoms with van der Waals surface area (Å²) in [5.41, 5.74) is 2.13. The third kappa shape index (κ3) is 2.05. The number of nitro groups is 1. The molecule has 13 heavy (non-hydrogen) atoms. The first-order valence-electron chi connectivity index (χ1n) is 4.39. The molecule has 0 aliphatic carbocycles. The van der Waals surface area contributed by atoms with Gasteiger partial charge in [-0.15, -0.1) is 0 Å². The smallest absolute Gasteiger partial charge is 0.258 e. The second-order valence-corrected chi connectivity index (χ2v) is 3.08. The van der Waals surface area contributed by atoms with E-state index in [4.69, 9.17) is 0 Å². The molecule has 0 amide bonds. The maximum Gasteiger partial charge on any atom is 0.272 e. The predicted molar refractivity (Wildman–Crippen MR) is 51.8 cm³/mol. The minimum Gasteiger partial charge on any atom is -0.258 e. The lowest BCUT2D eigenvalue weighted by atomic mass is 10.0. The highest BCUT2D eigenvalue weighted by Gasteiger charge is 2.13. The van der Waals surface area contributed by atoms with E-state index < -0.39 is 0 Å². The monoisotopic (exact) mass is 179 g/mol. The number of nitro benzene ring substituents is 1. The van der Waals surface area contributed by atoms with Crippen LogP contribution in [-0.4, -0.2) is 4.92 Å². The van der Waals surface area contributed by atoms with Crippen molar-refractivity contribution < 1.29 is 4.92 Å². The molecular formula is C10H13NO2. The first kappa shape index (κ1) is 9.71. The summed E-state index contributed by atoms with van der Waals surface area (Å²) in [5.74, 6) is 0. The summed E-state index contributed by atoms with van der Waals surface area (Å²) >= 11 is 0. The van der Waals surface area contributed by atoms with E-state index >= 15 is 0 Å². The van der Waals surface area contributed by atoms with Gasteiger partial charge in [-0.05, 0) is 18.9 Å². The van der Waals surface area contributed by atoms with E-state index in [2.05, 4.69) is 0 Å². The van der Waals surface area contributed by atoms with Crippen LogP contribution in [0.2, 0.25) is 0 Å². The van der Waals surface area contributed by atoms with Crippen molar-refractivity contribution in [2.75, 3.05) is 0 Å². The normalized spacial score (nSPS) is 10.0. The van der Waals surface area contributed by atoms with Crippen LogP contribution in [0.15, 0.2) is 18.2 Å². The summed E-state index contributed by atoms with van der Waals surface area (Å²) in [6.07, 6.45) is 1.72. The minimum atomic E-state index is -0.308. The fourth-order valence-electron chi connectivity index (χ4n) is 1.43. The van der Waals surface area contributed by atoms with Crippen molar-refractivity contribution in [1.82, 2.24) is 0 Å². The van der Waals surface area contributed by atoms with Gasteiger partial charge in [-0.3, -0.25) is 10.1 Å². The van der Waals surface area contributed by atoms with Crippen molar-refractivity contribution in [2.24, 2.45) is 0 Å². The van der Waals surface area contributed by atoms with E-state index in [1.165, 1.54) is 0 Å². The average Bonchev–Trinajstić information content (AvgIpc) is 2.08. The Labute approximate surface area is 77.5 Å². The summed E-state index contributed by atoms with van der Waals surface area (Å²) in [6, 6.07) is 5.21. The van der Waals surface area contributed by atoms with Crippen LogP contribution in [0.5, 0.6) is 0 Å². The quantitative estimate of drug-likeness (QED) is 0.529. The van der Waals surface area contributed by atoms with Gasteiger partial charge in [-0.1, -0.05) is 25.5 Å². The zero-order chi connectivity index (χ0) is 9.84. The molecule has 1 aromatic carbocycles. The van der Waals surface area contributed by atoms with Gasteiger partial charge < -0.3 is 0 Å². The fraction of sp³-hybridized carbons (Fsp3) is 0.400. The van der Waals surface area contributed by atoms with Gasteiger partial charge in [0.05, 0.1) is 4.92 Å². The van der Waals surface area contributed by atoms with Gasteiger partial charge in [-0.2, -0.15) is 0 Å². The Hall–Kier alpha value is -1.38. The third-order valence-electron chi connectivity index (χ3n) is 2.08. The Morgan fingerprint density at radius 1 is 1.46 bits per heavy atom. The van der Waals surface area contributed by atoms with E-state index in [0.29, 0.717) is 0 Å². The average molecular weight is 179 g/mol. The molecule has 0 heterocycles. The highest BCUT2D eigenvalue weighted by atomic mass is 16.6. The Balaban J connectivity index is 3.17. The second kappa shape index (κ2) is 4.03. The molecule has 0 N–H and O–H groups in total. The first-order valence-corrected chi connectivity index (χ1v) is 4.39. The number of rotatable bonds is 3. The molecule has 0 fully saturated rings. The molecule has 0 aliphatic rings. The SMILES string of the molecule is CCCc1c(C)cccc1[N+](=O)[O-]. The third-order valence-corrected chi connectivity index (χ3v) is 2.08. The van der Waals surface area contributed by atoms with E-state index in [9.17, 15) is 10.1 Å². The van der Waals surface area contributed by atoms with Gasteiger partial charge in [0.15, 0.2) is 0 Å². The lowest BCUT2D eigenvalue weighted by Crippen LogP contribution is -1.97. The standard InChI is InChI=1S/C10H13NO2/c1-3-5-9-8(2)6-4-7-10(9)11(12)13/h4,6-7H,3,5H2,1-2H3. The van der Waals surface area contributed by atoms with Crippen molar-refractivity contribution in [1.29, 1.82) is 0 Å². The number of aryl methyl sites for hydroxylation is 1. The fourth-order valence-corrected chi connectivity index (χ4v) is 1.43. The Bertz CT molecular complexity index is 321. The molecule has 70 valence electrons. The summed E-state index contributed by atoms with van der Waals surface area (Å²) in [7, 11) is 0. The van der Waals surface area contributed by atoms with Gasteiger partial charge in [0.2, 0.25) is 0 Å². The first-order chi connectivity index (χ1) is 6.16. The number of benzene rings is 1. The van der Waals surface area contributed by atoms with Crippen LogP contribution < -0.4 is 0 Å². The van der Waals surface area contributed by atoms with Gasteiger partial charge in [-0.25, -0.2) is 0 Å². The van der Waals surface area contributed by atoms with Crippen LogP contribution in [0.1, 0.15) is 24.5 Å². The molecule has 0 bridgehead atoms. The van der Waals surface area contributed by atoms with Gasteiger partial charge in [0, 0.05) is 11.6 Å². The van der Waals surface area contributed by atoms with Gasteiger partial charge in [0.25, 0.3) is 5.69 Å². The van der Waals surface area contributed by atoms with Crippen LogP contribution in [0, 0.1) is 17.0 Å². The molecule has 3 heteroatoms. The summed E-state index contributed by atoms with van der Waals surface area (Å²) in [6.45, 7) is 3.94. The van der Waals surface area contributed by atoms with Crippen LogP contribution in [0.4, 0.5) is 5.69 Å². The number of nitrogens with zero attached hydrogens (tertiary/aromatic N) is 1. The molecule has 0 aromatic heterocycles. The molecule has 0 atom stereocenters. The summed E-state index contributed by atoms with van der Waals surface area (Å²) in [5, 5.41) is 10.7. The Morgan fingerprint density at radius 3 is 2.69 bits per heavy atom. The van der Waals surface area contributed by atoms with E-state index in [1.54, 1.807) is 12.1 Å². The highest BCUT2D eigenvalue weighted by Crippen LogP contribution is 2.22. The van der Waals surface area contributed by atoms with Crippen LogP contribution in [-0.2, 0) is 6.42 Å². The molecule has 1 aromatic rings. The summed E-state index contributed by atoms with van der Waals surface area (Å²) < 4.78 is 0. The molecule has 0 spiro atoms. The van der Waals surface area contributed by atoms with Crippen molar-refractivity contribution in [3.8, 4) is 0 Å². The lowest BCUT2D eigenvalue weighted by Gasteiger charge is -2.04. The largest absolute Gasteiger partial charge is 0.272 e. The van der Waals surface area contributed by atoms with E-state index in [1.807, 2.05) is 19.9 Å². The maximum absolute atomic E-state index is 10.7.